The molecule has 8 heteroatoms. The van der Waals surface area contributed by atoms with E-state index in [1.165, 1.54) is 18.2 Å². The Morgan fingerprint density at radius 1 is 1.26 bits per heavy atom. The van der Waals surface area contributed by atoms with Crippen LogP contribution in [0.1, 0.15) is 38.3 Å². The number of ether oxygens (including phenoxy) is 1. The highest BCUT2D eigenvalue weighted by molar-refractivity contribution is 9.10. The third-order valence-corrected chi connectivity index (χ3v) is 5.48. The van der Waals surface area contributed by atoms with E-state index in [-0.39, 0.29) is 34.4 Å². The summed E-state index contributed by atoms with van der Waals surface area (Å²) in [5.74, 6) is -2.34. The van der Waals surface area contributed by atoms with Gasteiger partial charge in [-0.2, -0.15) is 0 Å². The van der Waals surface area contributed by atoms with Gasteiger partial charge in [0.1, 0.15) is 28.5 Å². The lowest BCUT2D eigenvalue weighted by molar-refractivity contribution is 0.0696. The normalized spacial score (nSPS) is 10.7. The number of rotatable bonds is 7. The number of hydrogen-bond acceptors (Lipinski definition) is 3. The van der Waals surface area contributed by atoms with E-state index in [9.17, 15) is 23.5 Å². The Labute approximate surface area is 185 Å². The van der Waals surface area contributed by atoms with Crippen molar-refractivity contribution in [3.05, 3.63) is 103 Å². The minimum absolute atomic E-state index is 0.101. The van der Waals surface area contributed by atoms with Crippen LogP contribution in [0.3, 0.4) is 0 Å². The zero-order valence-corrected chi connectivity index (χ0v) is 18.1. The standard InChI is InChI=1S/C23H18BrF2NO4/c1-3-14-5-4-13(9-18(14)23(29)30)8-17-12(2)27-22(28)20(24)21(17)31-11-15-6-7-16(25)10-19(15)26/h3-7,9-10H,1,8,11H2,2H3,(H,27,28)(H,29,30). The van der Waals surface area contributed by atoms with E-state index in [4.69, 9.17) is 4.74 Å². The number of carboxylic acids is 1. The summed E-state index contributed by atoms with van der Waals surface area (Å²) in [6, 6.07) is 8.08. The zero-order valence-electron chi connectivity index (χ0n) is 16.5. The quantitative estimate of drug-likeness (QED) is 0.475. The molecule has 0 saturated carbocycles. The van der Waals surface area contributed by atoms with Crippen molar-refractivity contribution in [3.8, 4) is 5.75 Å². The fourth-order valence-electron chi connectivity index (χ4n) is 3.14. The van der Waals surface area contributed by atoms with Gasteiger partial charge in [0.05, 0.1) is 5.56 Å². The fourth-order valence-corrected chi connectivity index (χ4v) is 3.59. The first-order chi connectivity index (χ1) is 14.7. The molecule has 0 atom stereocenters. The molecule has 3 aromatic rings. The summed E-state index contributed by atoms with van der Waals surface area (Å²) in [4.78, 5) is 26.5. The lowest BCUT2D eigenvalue weighted by atomic mass is 9.98. The summed E-state index contributed by atoms with van der Waals surface area (Å²) < 4.78 is 33.0. The van der Waals surface area contributed by atoms with Crippen LogP contribution in [-0.2, 0) is 13.0 Å². The highest BCUT2D eigenvalue weighted by atomic mass is 79.9. The van der Waals surface area contributed by atoms with Crippen LogP contribution < -0.4 is 10.3 Å². The van der Waals surface area contributed by atoms with Crippen LogP contribution in [-0.4, -0.2) is 16.1 Å². The maximum absolute atomic E-state index is 14.0. The minimum atomic E-state index is -1.08. The molecule has 0 aliphatic carbocycles. The molecule has 0 fully saturated rings. The molecular weight excluding hydrogens is 472 g/mol. The van der Waals surface area contributed by atoms with Crippen molar-refractivity contribution in [1.29, 1.82) is 0 Å². The number of aryl methyl sites for hydroxylation is 1. The van der Waals surface area contributed by atoms with E-state index in [0.717, 1.165) is 12.1 Å². The van der Waals surface area contributed by atoms with E-state index in [0.29, 0.717) is 22.4 Å². The number of aromatic nitrogens is 1. The molecule has 0 aliphatic rings. The van der Waals surface area contributed by atoms with Crippen molar-refractivity contribution in [2.75, 3.05) is 0 Å². The van der Waals surface area contributed by atoms with E-state index in [1.54, 1.807) is 19.1 Å². The lowest BCUT2D eigenvalue weighted by Crippen LogP contribution is -2.15. The average molecular weight is 490 g/mol. The van der Waals surface area contributed by atoms with E-state index >= 15 is 0 Å². The van der Waals surface area contributed by atoms with Gasteiger partial charge in [-0.25, -0.2) is 13.6 Å². The first-order valence-electron chi connectivity index (χ1n) is 9.18. The van der Waals surface area contributed by atoms with E-state index in [2.05, 4.69) is 27.5 Å². The number of nitrogens with one attached hydrogen (secondary N) is 1. The maximum atomic E-state index is 14.0. The summed E-state index contributed by atoms with van der Waals surface area (Å²) in [6.45, 7) is 5.08. The Morgan fingerprint density at radius 2 is 2.00 bits per heavy atom. The summed E-state index contributed by atoms with van der Waals surface area (Å²) in [5, 5.41) is 9.44. The van der Waals surface area contributed by atoms with Crippen molar-refractivity contribution >= 4 is 28.0 Å². The second kappa shape index (κ2) is 9.26. The molecule has 0 aliphatic heterocycles. The number of hydrogen-bond donors (Lipinski definition) is 2. The van der Waals surface area contributed by atoms with Crippen molar-refractivity contribution in [1.82, 2.24) is 4.98 Å². The molecule has 5 nitrogen and oxygen atoms in total. The molecule has 0 bridgehead atoms. The number of benzene rings is 2. The Bertz CT molecular complexity index is 1240. The van der Waals surface area contributed by atoms with Crippen LogP contribution in [0.4, 0.5) is 8.78 Å². The number of pyridine rings is 1. The van der Waals surface area contributed by atoms with Gasteiger partial charge in [0.15, 0.2) is 0 Å². The Morgan fingerprint density at radius 3 is 2.65 bits per heavy atom. The van der Waals surface area contributed by atoms with Gasteiger partial charge in [-0.15, -0.1) is 0 Å². The Hall–Kier alpha value is -3.26. The molecule has 0 radical (unpaired) electrons. The highest BCUT2D eigenvalue weighted by Gasteiger charge is 2.18. The monoisotopic (exact) mass is 489 g/mol. The molecule has 3 rings (SSSR count). The predicted octanol–water partition coefficient (Wildman–Crippen LogP) is 5.24. The Kier molecular flexibility index (Phi) is 6.70. The number of aromatic amines is 1. The van der Waals surface area contributed by atoms with Gasteiger partial charge >= 0.3 is 5.97 Å². The smallest absolute Gasteiger partial charge is 0.336 e. The van der Waals surface area contributed by atoms with Crippen LogP contribution in [0.25, 0.3) is 6.08 Å². The van der Waals surface area contributed by atoms with E-state index in [1.807, 2.05) is 0 Å². The average Bonchev–Trinajstić information content (AvgIpc) is 2.72. The molecule has 2 N–H and O–H groups in total. The summed E-state index contributed by atoms with van der Waals surface area (Å²) in [7, 11) is 0. The number of carboxylic acid groups (broad SMARTS) is 1. The number of halogens is 3. The first-order valence-corrected chi connectivity index (χ1v) is 9.97. The molecule has 0 saturated heterocycles. The molecule has 0 amide bonds. The van der Waals surface area contributed by atoms with Crippen LogP contribution in [0.2, 0.25) is 0 Å². The topological polar surface area (TPSA) is 79.4 Å². The molecule has 1 aromatic heterocycles. The summed E-state index contributed by atoms with van der Waals surface area (Å²) in [6.07, 6.45) is 1.71. The first kappa shape index (κ1) is 22.4. The molecule has 160 valence electrons. The summed E-state index contributed by atoms with van der Waals surface area (Å²) in [5.41, 5.74) is 2.07. The van der Waals surface area contributed by atoms with Crippen molar-refractivity contribution in [3.63, 3.8) is 0 Å². The maximum Gasteiger partial charge on any atom is 0.336 e. The van der Waals surface area contributed by atoms with Gasteiger partial charge in [0.25, 0.3) is 5.56 Å². The van der Waals surface area contributed by atoms with E-state index < -0.39 is 23.2 Å². The van der Waals surface area contributed by atoms with Crippen molar-refractivity contribution in [2.45, 2.75) is 20.0 Å². The third-order valence-electron chi connectivity index (χ3n) is 4.76. The molecule has 0 unspecified atom stereocenters. The second-order valence-electron chi connectivity index (χ2n) is 6.83. The minimum Gasteiger partial charge on any atom is -0.487 e. The highest BCUT2D eigenvalue weighted by Crippen LogP contribution is 2.31. The molecular formula is C23H18BrF2NO4. The zero-order chi connectivity index (χ0) is 22.7. The summed E-state index contributed by atoms with van der Waals surface area (Å²) >= 11 is 3.21. The number of aromatic carboxylic acids is 1. The van der Waals surface area contributed by atoms with Crippen molar-refractivity contribution < 1.29 is 23.4 Å². The number of carbonyl (C=O) groups is 1. The van der Waals surface area contributed by atoms with Gasteiger partial charge in [-0.3, -0.25) is 4.79 Å². The van der Waals surface area contributed by atoms with Crippen molar-refractivity contribution in [2.24, 2.45) is 0 Å². The van der Waals surface area contributed by atoms with Crippen LogP contribution in [0.15, 0.2) is 52.2 Å². The molecule has 2 aromatic carbocycles. The largest absolute Gasteiger partial charge is 0.487 e. The van der Waals surface area contributed by atoms with Gasteiger partial charge in [0, 0.05) is 29.3 Å². The lowest BCUT2D eigenvalue weighted by Gasteiger charge is -2.16. The van der Waals surface area contributed by atoms with Crippen LogP contribution >= 0.6 is 15.9 Å². The third kappa shape index (κ3) is 4.91. The SMILES string of the molecule is C=Cc1ccc(Cc2c(C)[nH]c(=O)c(Br)c2OCc2ccc(F)cc2F)cc1C(=O)O. The molecule has 31 heavy (non-hydrogen) atoms. The van der Waals surface area contributed by atoms with Crippen LogP contribution in [0.5, 0.6) is 5.75 Å². The number of H-pyrrole nitrogens is 1. The molecule has 1 heterocycles. The van der Waals surface area contributed by atoms with Gasteiger partial charge in [0.2, 0.25) is 0 Å². The Balaban J connectivity index is 2.00. The molecule has 0 spiro atoms. The van der Waals surface area contributed by atoms with Gasteiger partial charge in [-0.1, -0.05) is 24.8 Å². The van der Waals surface area contributed by atoms with Gasteiger partial charge < -0.3 is 14.8 Å². The van der Waals surface area contributed by atoms with Crippen LogP contribution in [0, 0.1) is 18.6 Å². The van der Waals surface area contributed by atoms with Gasteiger partial charge in [-0.05, 0) is 52.2 Å². The fraction of sp³-hybridized carbons (Fsp3) is 0.130. The predicted molar refractivity (Wildman–Crippen MR) is 116 cm³/mol. The second-order valence-corrected chi connectivity index (χ2v) is 7.63.